The van der Waals surface area contributed by atoms with Gasteiger partial charge in [-0.2, -0.15) is 13.2 Å². The summed E-state index contributed by atoms with van der Waals surface area (Å²) >= 11 is 5.78. The molecule has 0 aliphatic heterocycles. The van der Waals surface area contributed by atoms with Crippen molar-refractivity contribution in [3.63, 3.8) is 0 Å². The molecule has 0 radical (unpaired) electrons. The number of rotatable bonds is 8. The Hall–Kier alpha value is -3.19. The summed E-state index contributed by atoms with van der Waals surface area (Å²) in [7, 11) is 0. The summed E-state index contributed by atoms with van der Waals surface area (Å²) in [4.78, 5) is 20.0. The summed E-state index contributed by atoms with van der Waals surface area (Å²) in [5.74, 6) is 1.34. The van der Waals surface area contributed by atoms with Crippen molar-refractivity contribution in [2.45, 2.75) is 51.1 Å². The number of ketones is 1. The lowest BCUT2D eigenvalue weighted by Crippen LogP contribution is -2.09. The van der Waals surface area contributed by atoms with E-state index in [9.17, 15) is 18.0 Å². The second kappa shape index (κ2) is 11.7. The van der Waals surface area contributed by atoms with Crippen molar-refractivity contribution in [3.8, 4) is 11.6 Å². The molecule has 0 saturated heterocycles. The average molecular weight is 515 g/mol. The molecule has 2 aromatic heterocycles. The Bertz CT molecular complexity index is 1200. The van der Waals surface area contributed by atoms with Gasteiger partial charge in [0.2, 0.25) is 5.88 Å². The van der Waals surface area contributed by atoms with Gasteiger partial charge in [-0.15, -0.1) is 0 Å². The van der Waals surface area contributed by atoms with Crippen molar-refractivity contribution in [2.24, 2.45) is 5.92 Å². The highest BCUT2D eigenvalue weighted by molar-refractivity contribution is 6.29. The number of benzene rings is 1. The van der Waals surface area contributed by atoms with E-state index in [1.807, 2.05) is 18.2 Å². The molecule has 3 aromatic rings. The number of aromatic nitrogens is 2. The van der Waals surface area contributed by atoms with E-state index < -0.39 is 11.7 Å². The Morgan fingerprint density at radius 3 is 2.53 bits per heavy atom. The maximum absolute atomic E-state index is 12.7. The Kier molecular flexibility index (Phi) is 8.41. The predicted octanol–water partition coefficient (Wildman–Crippen LogP) is 8.57. The molecule has 0 amide bonds. The van der Waals surface area contributed by atoms with E-state index >= 15 is 0 Å². The van der Waals surface area contributed by atoms with Crippen LogP contribution in [0, 0.1) is 5.92 Å². The molecule has 1 aliphatic rings. The van der Waals surface area contributed by atoms with Crippen LogP contribution in [0.1, 0.15) is 66.4 Å². The van der Waals surface area contributed by atoms with Crippen LogP contribution in [-0.2, 0) is 6.18 Å². The zero-order valence-electron chi connectivity index (χ0n) is 19.6. The summed E-state index contributed by atoms with van der Waals surface area (Å²) in [5.41, 5.74) is 2.14. The number of halogens is 4. The summed E-state index contributed by atoms with van der Waals surface area (Å²) in [5, 5.41) is 0.382. The normalized spacial score (nSPS) is 16.0. The van der Waals surface area contributed by atoms with Gasteiger partial charge >= 0.3 is 6.18 Å². The van der Waals surface area contributed by atoms with Crippen LogP contribution < -0.4 is 4.74 Å². The average Bonchev–Trinajstić information content (AvgIpc) is 2.85. The Labute approximate surface area is 213 Å². The maximum atomic E-state index is 12.7. The molecule has 0 bridgehead atoms. The third-order valence-corrected chi connectivity index (χ3v) is 6.55. The van der Waals surface area contributed by atoms with Gasteiger partial charge in [0.25, 0.3) is 0 Å². The molecule has 0 atom stereocenters. The number of carbonyl (C=O) groups is 1. The number of allylic oxidation sites excluding steroid dienone is 1. The van der Waals surface area contributed by atoms with Crippen LogP contribution in [0.5, 0.6) is 11.6 Å². The van der Waals surface area contributed by atoms with E-state index in [-0.39, 0.29) is 11.7 Å². The minimum atomic E-state index is -4.43. The zero-order valence-corrected chi connectivity index (χ0v) is 20.4. The highest BCUT2D eigenvalue weighted by Crippen LogP contribution is 2.34. The molecule has 0 unspecified atom stereocenters. The van der Waals surface area contributed by atoms with E-state index in [1.165, 1.54) is 17.8 Å². The van der Waals surface area contributed by atoms with Gasteiger partial charge < -0.3 is 4.74 Å². The van der Waals surface area contributed by atoms with Crippen LogP contribution in [0.2, 0.25) is 5.15 Å². The van der Waals surface area contributed by atoms with E-state index in [4.69, 9.17) is 16.3 Å². The molecule has 2 heterocycles. The first-order valence-electron chi connectivity index (χ1n) is 11.9. The van der Waals surface area contributed by atoms with Crippen LogP contribution in [-0.4, -0.2) is 15.8 Å². The summed E-state index contributed by atoms with van der Waals surface area (Å²) in [6.45, 7) is 0. The Morgan fingerprint density at radius 1 is 1.06 bits per heavy atom. The van der Waals surface area contributed by atoms with Crippen LogP contribution in [0.4, 0.5) is 13.2 Å². The number of carbonyl (C=O) groups excluding carboxylic acids is 1. The number of hydrogen-bond donors (Lipinski definition) is 0. The minimum absolute atomic E-state index is 0.101. The fourth-order valence-corrected chi connectivity index (χ4v) is 4.46. The molecule has 0 spiro atoms. The highest BCUT2D eigenvalue weighted by atomic mass is 35.5. The molecule has 188 valence electrons. The van der Waals surface area contributed by atoms with E-state index in [0.717, 1.165) is 56.4 Å². The summed E-state index contributed by atoms with van der Waals surface area (Å²) < 4.78 is 43.8. The number of nitrogens with zero attached hydrogens (tertiary/aromatic N) is 2. The van der Waals surface area contributed by atoms with Gasteiger partial charge in [0, 0.05) is 30.4 Å². The standard InChI is InChI=1S/C28H26ClF3N2O2/c29-26-13-11-22(17-33-26)25(35)6-2-3-19-7-9-20(10-8-19)15-21-4-1-5-24(16-21)36-27-14-12-23(18-34-27)28(30,31)32/h1,4-5,11-19H,2-3,6-10H2. The first kappa shape index (κ1) is 25.9. The van der Waals surface area contributed by atoms with Gasteiger partial charge in [0.1, 0.15) is 10.9 Å². The van der Waals surface area contributed by atoms with E-state index in [2.05, 4.69) is 16.0 Å². The number of pyridine rings is 2. The fourth-order valence-electron chi connectivity index (χ4n) is 4.35. The summed E-state index contributed by atoms with van der Waals surface area (Å²) in [6, 6.07) is 13.0. The number of alkyl halides is 3. The van der Waals surface area contributed by atoms with Crippen molar-refractivity contribution < 1.29 is 22.7 Å². The second-order valence-electron chi connectivity index (χ2n) is 8.99. The van der Waals surface area contributed by atoms with Crippen molar-refractivity contribution in [1.29, 1.82) is 0 Å². The largest absolute Gasteiger partial charge is 0.439 e. The first-order chi connectivity index (χ1) is 17.3. The van der Waals surface area contributed by atoms with Crippen LogP contribution >= 0.6 is 11.6 Å². The lowest BCUT2D eigenvalue weighted by molar-refractivity contribution is -0.137. The Morgan fingerprint density at radius 2 is 1.86 bits per heavy atom. The molecule has 1 fully saturated rings. The molecule has 1 saturated carbocycles. The molecule has 4 nitrogen and oxygen atoms in total. The first-order valence-corrected chi connectivity index (χ1v) is 12.3. The number of ether oxygens (including phenoxy) is 1. The van der Waals surface area contributed by atoms with Crippen molar-refractivity contribution in [2.75, 3.05) is 0 Å². The molecular formula is C28H26ClF3N2O2. The predicted molar refractivity (Wildman–Crippen MR) is 133 cm³/mol. The second-order valence-corrected chi connectivity index (χ2v) is 9.38. The Balaban J connectivity index is 1.25. The molecule has 8 heteroatoms. The zero-order chi connectivity index (χ0) is 25.5. The third-order valence-electron chi connectivity index (χ3n) is 6.33. The van der Waals surface area contributed by atoms with Gasteiger partial charge in [-0.3, -0.25) is 4.79 Å². The van der Waals surface area contributed by atoms with Crippen molar-refractivity contribution in [3.05, 3.63) is 88.3 Å². The fraction of sp³-hybridized carbons (Fsp3) is 0.321. The smallest absolute Gasteiger partial charge is 0.417 e. The number of Topliss-reactive ketones (excluding diaryl/α,β-unsaturated/α-hetero) is 1. The molecule has 4 rings (SSSR count). The van der Waals surface area contributed by atoms with Gasteiger partial charge in [-0.05, 0) is 80.3 Å². The molecule has 36 heavy (non-hydrogen) atoms. The molecule has 1 aromatic carbocycles. The summed E-state index contributed by atoms with van der Waals surface area (Å²) in [6.07, 6.45) is 6.63. The maximum Gasteiger partial charge on any atom is 0.417 e. The highest BCUT2D eigenvalue weighted by Gasteiger charge is 2.30. The lowest BCUT2D eigenvalue weighted by atomic mass is 9.82. The van der Waals surface area contributed by atoms with E-state index in [0.29, 0.717) is 28.8 Å². The van der Waals surface area contributed by atoms with Crippen molar-refractivity contribution >= 4 is 23.5 Å². The monoisotopic (exact) mass is 514 g/mol. The van der Waals surface area contributed by atoms with Crippen LogP contribution in [0.3, 0.4) is 0 Å². The van der Waals surface area contributed by atoms with E-state index in [1.54, 1.807) is 18.2 Å². The topological polar surface area (TPSA) is 52.1 Å². The van der Waals surface area contributed by atoms with Gasteiger partial charge in [0.15, 0.2) is 5.78 Å². The van der Waals surface area contributed by atoms with Crippen molar-refractivity contribution in [1.82, 2.24) is 9.97 Å². The van der Waals surface area contributed by atoms with Gasteiger partial charge in [-0.1, -0.05) is 35.4 Å². The quantitative estimate of drug-likeness (QED) is 0.223. The third kappa shape index (κ3) is 7.40. The molecule has 1 aliphatic carbocycles. The van der Waals surface area contributed by atoms with Gasteiger partial charge in [-0.25, -0.2) is 9.97 Å². The van der Waals surface area contributed by atoms with Gasteiger partial charge in [0.05, 0.1) is 5.56 Å². The lowest BCUT2D eigenvalue weighted by Gasteiger charge is -2.24. The number of hydrogen-bond acceptors (Lipinski definition) is 4. The molecular weight excluding hydrogens is 489 g/mol. The SMILES string of the molecule is O=C(CCCC1CCC(=Cc2cccc(Oc3ccc(C(F)(F)F)cn3)c2)CC1)c1ccc(Cl)nc1. The van der Waals surface area contributed by atoms with Crippen LogP contribution in [0.25, 0.3) is 6.08 Å². The molecule has 0 N–H and O–H groups in total. The minimum Gasteiger partial charge on any atom is -0.439 e. The van der Waals surface area contributed by atoms with Crippen LogP contribution in [0.15, 0.2) is 66.5 Å².